The lowest BCUT2D eigenvalue weighted by atomic mass is 10.1. The van der Waals surface area contributed by atoms with E-state index in [1.807, 2.05) is 20.8 Å². The van der Waals surface area contributed by atoms with E-state index in [-0.39, 0.29) is 11.6 Å². The number of carbonyl (C=O) groups is 1. The molecule has 2 heteroatoms. The number of carbonyl (C=O) groups excluding carboxylic acids is 1. The molecule has 0 aliphatic heterocycles. The summed E-state index contributed by atoms with van der Waals surface area (Å²) in [5.41, 5.74) is -0.353. The SMILES string of the molecule is CC(C)(C)OC(=O)CCCCCCC/C=C\C/C=C\CCCC[13CH3]. The molecule has 0 bridgehead atoms. The van der Waals surface area contributed by atoms with Gasteiger partial charge in [-0.05, 0) is 59.3 Å². The van der Waals surface area contributed by atoms with Gasteiger partial charge in [0.25, 0.3) is 0 Å². The lowest BCUT2D eigenvalue weighted by molar-refractivity contribution is -0.154. The second-order valence-corrected chi connectivity index (χ2v) is 7.57. The Labute approximate surface area is 150 Å². The second kappa shape index (κ2) is 15.5. The van der Waals surface area contributed by atoms with Crippen LogP contribution in [0, 0.1) is 0 Å². The van der Waals surface area contributed by atoms with E-state index >= 15 is 0 Å². The van der Waals surface area contributed by atoms with Gasteiger partial charge in [-0.25, -0.2) is 0 Å². The van der Waals surface area contributed by atoms with Gasteiger partial charge in [0.1, 0.15) is 5.60 Å². The Kier molecular flexibility index (Phi) is 14.8. The minimum Gasteiger partial charge on any atom is -0.460 e. The largest absolute Gasteiger partial charge is 0.460 e. The van der Waals surface area contributed by atoms with E-state index in [0.29, 0.717) is 6.42 Å². The molecule has 0 rings (SSSR count). The summed E-state index contributed by atoms with van der Waals surface area (Å²) in [6.07, 6.45) is 23.0. The molecule has 0 saturated heterocycles. The van der Waals surface area contributed by atoms with E-state index < -0.39 is 0 Å². The quantitative estimate of drug-likeness (QED) is 0.146. The highest BCUT2D eigenvalue weighted by atomic mass is 16.6. The molecule has 0 aromatic rings. The van der Waals surface area contributed by atoms with Gasteiger partial charge in [0.15, 0.2) is 0 Å². The van der Waals surface area contributed by atoms with Crippen LogP contribution in [0.1, 0.15) is 105 Å². The first-order chi connectivity index (χ1) is 11.5. The van der Waals surface area contributed by atoms with Crippen molar-refractivity contribution in [3.8, 4) is 0 Å². The van der Waals surface area contributed by atoms with Crippen molar-refractivity contribution in [2.24, 2.45) is 0 Å². The highest BCUT2D eigenvalue weighted by Crippen LogP contribution is 2.12. The lowest BCUT2D eigenvalue weighted by Crippen LogP contribution is -2.23. The van der Waals surface area contributed by atoms with Crippen molar-refractivity contribution < 1.29 is 9.53 Å². The zero-order chi connectivity index (χ0) is 18.1. The molecule has 0 aromatic heterocycles. The van der Waals surface area contributed by atoms with Crippen LogP contribution in [0.4, 0.5) is 0 Å². The van der Waals surface area contributed by atoms with Crippen LogP contribution in [-0.2, 0) is 9.53 Å². The van der Waals surface area contributed by atoms with Crippen molar-refractivity contribution in [2.45, 2.75) is 110 Å². The van der Waals surface area contributed by atoms with Gasteiger partial charge in [-0.15, -0.1) is 0 Å². The minimum absolute atomic E-state index is 0.0619. The number of unbranched alkanes of at least 4 members (excludes halogenated alkanes) is 8. The fraction of sp³-hybridized carbons (Fsp3) is 0.773. The molecule has 0 aromatic carbocycles. The molecule has 0 radical (unpaired) electrons. The number of rotatable bonds is 14. The Morgan fingerprint density at radius 3 is 1.92 bits per heavy atom. The summed E-state index contributed by atoms with van der Waals surface area (Å²) in [5, 5.41) is 0. The molecule has 0 aliphatic carbocycles. The van der Waals surface area contributed by atoms with Crippen molar-refractivity contribution in [3.05, 3.63) is 24.3 Å². The summed E-state index contributed by atoms with van der Waals surface area (Å²) in [6.45, 7) is 8.00. The van der Waals surface area contributed by atoms with Gasteiger partial charge in [-0.3, -0.25) is 4.79 Å². The molecule has 0 amide bonds. The number of allylic oxidation sites excluding steroid dienone is 4. The highest BCUT2D eigenvalue weighted by Gasteiger charge is 2.15. The Morgan fingerprint density at radius 1 is 0.792 bits per heavy atom. The van der Waals surface area contributed by atoms with Crippen LogP contribution < -0.4 is 0 Å². The van der Waals surface area contributed by atoms with Crippen molar-refractivity contribution in [1.82, 2.24) is 0 Å². The van der Waals surface area contributed by atoms with Crippen molar-refractivity contribution in [1.29, 1.82) is 0 Å². The van der Waals surface area contributed by atoms with Gasteiger partial charge < -0.3 is 4.74 Å². The zero-order valence-corrected chi connectivity index (χ0v) is 16.6. The molecule has 0 unspecified atom stereocenters. The first-order valence-electron chi connectivity index (χ1n) is 9.97. The smallest absolute Gasteiger partial charge is 0.306 e. The number of esters is 1. The van der Waals surface area contributed by atoms with Gasteiger partial charge in [-0.1, -0.05) is 63.3 Å². The van der Waals surface area contributed by atoms with Crippen LogP contribution in [0.25, 0.3) is 0 Å². The molecule has 0 atom stereocenters. The molecular formula is C22H40O2. The average Bonchev–Trinajstić information content (AvgIpc) is 2.49. The number of ether oxygens (including phenoxy) is 1. The van der Waals surface area contributed by atoms with Gasteiger partial charge in [0, 0.05) is 6.42 Å². The van der Waals surface area contributed by atoms with Gasteiger partial charge in [0.2, 0.25) is 0 Å². The maximum Gasteiger partial charge on any atom is 0.306 e. The summed E-state index contributed by atoms with van der Waals surface area (Å²) >= 11 is 0. The lowest BCUT2D eigenvalue weighted by Gasteiger charge is -2.19. The topological polar surface area (TPSA) is 26.3 Å². The van der Waals surface area contributed by atoms with Crippen molar-refractivity contribution in [2.75, 3.05) is 0 Å². The number of hydrogen-bond donors (Lipinski definition) is 0. The molecular weight excluding hydrogens is 297 g/mol. The third kappa shape index (κ3) is 19.0. The Balaban J connectivity index is 3.33. The second-order valence-electron chi connectivity index (χ2n) is 7.57. The highest BCUT2D eigenvalue weighted by molar-refractivity contribution is 5.69. The van der Waals surface area contributed by atoms with Crippen LogP contribution in [0.5, 0.6) is 0 Å². The van der Waals surface area contributed by atoms with Crippen LogP contribution in [0.15, 0.2) is 24.3 Å². The molecule has 2 nitrogen and oxygen atoms in total. The third-order valence-corrected chi connectivity index (χ3v) is 3.75. The third-order valence-electron chi connectivity index (χ3n) is 3.75. The molecule has 0 aliphatic rings. The monoisotopic (exact) mass is 337 g/mol. The van der Waals surface area contributed by atoms with E-state index in [4.69, 9.17) is 4.74 Å². The van der Waals surface area contributed by atoms with E-state index in [1.165, 1.54) is 51.4 Å². The van der Waals surface area contributed by atoms with Gasteiger partial charge >= 0.3 is 5.97 Å². The van der Waals surface area contributed by atoms with Crippen LogP contribution in [-0.4, -0.2) is 11.6 Å². The van der Waals surface area contributed by atoms with Crippen molar-refractivity contribution >= 4 is 5.97 Å². The van der Waals surface area contributed by atoms with E-state index in [9.17, 15) is 4.79 Å². The standard InChI is InChI=1S/C22H40O2/c1-5-6-7-8-9-10-11-12-13-14-15-16-17-18-19-20-21(23)24-22(2,3)4/h9-10,12-13H,5-8,11,14-20H2,1-4H3/b10-9-,13-12-/i1+1. The first kappa shape index (κ1) is 22.9. The summed E-state index contributed by atoms with van der Waals surface area (Å²) in [6, 6.07) is 0. The summed E-state index contributed by atoms with van der Waals surface area (Å²) < 4.78 is 5.30. The molecule has 0 N–H and O–H groups in total. The van der Waals surface area contributed by atoms with Crippen LogP contribution in [0.3, 0.4) is 0 Å². The molecule has 24 heavy (non-hydrogen) atoms. The first-order valence-corrected chi connectivity index (χ1v) is 9.97. The summed E-state index contributed by atoms with van der Waals surface area (Å²) in [4.78, 5) is 11.6. The molecule has 0 heterocycles. The molecule has 140 valence electrons. The maximum absolute atomic E-state index is 11.6. The molecule has 0 spiro atoms. The van der Waals surface area contributed by atoms with E-state index in [1.54, 1.807) is 0 Å². The minimum atomic E-state index is -0.353. The van der Waals surface area contributed by atoms with E-state index in [0.717, 1.165) is 19.3 Å². The fourth-order valence-electron chi connectivity index (χ4n) is 2.47. The predicted molar refractivity (Wildman–Crippen MR) is 105 cm³/mol. The van der Waals surface area contributed by atoms with Crippen molar-refractivity contribution in [3.63, 3.8) is 0 Å². The summed E-state index contributed by atoms with van der Waals surface area (Å²) in [5.74, 6) is -0.0619. The number of hydrogen-bond acceptors (Lipinski definition) is 2. The van der Waals surface area contributed by atoms with E-state index in [2.05, 4.69) is 31.2 Å². The normalized spacial score (nSPS) is 12.3. The maximum atomic E-state index is 11.6. The Hall–Kier alpha value is -1.05. The zero-order valence-electron chi connectivity index (χ0n) is 16.6. The molecule has 0 saturated carbocycles. The van der Waals surface area contributed by atoms with Crippen LogP contribution >= 0.6 is 0 Å². The van der Waals surface area contributed by atoms with Gasteiger partial charge in [0.05, 0.1) is 0 Å². The van der Waals surface area contributed by atoms with Gasteiger partial charge in [-0.2, -0.15) is 0 Å². The Bertz CT molecular complexity index is 347. The van der Waals surface area contributed by atoms with Crippen LogP contribution in [0.2, 0.25) is 0 Å². The fourth-order valence-corrected chi connectivity index (χ4v) is 2.47. The Morgan fingerprint density at radius 2 is 1.33 bits per heavy atom. The molecule has 0 fully saturated rings. The summed E-state index contributed by atoms with van der Waals surface area (Å²) in [7, 11) is 0. The predicted octanol–water partition coefficient (Wildman–Crippen LogP) is 7.14. The average molecular weight is 338 g/mol.